The van der Waals surface area contributed by atoms with Gasteiger partial charge in [-0.05, 0) is 49.2 Å². The molecule has 0 heterocycles. The molecule has 2 aromatic rings. The molecule has 0 aromatic heterocycles. The largest absolute Gasteiger partial charge is 0.484 e. The maximum absolute atomic E-state index is 12.2. The monoisotopic (exact) mass is 360 g/mol. The molecule has 0 spiro atoms. The maximum atomic E-state index is 12.2. The molecule has 132 valence electrons. The van der Waals surface area contributed by atoms with E-state index in [1.165, 1.54) is 4.90 Å². The van der Waals surface area contributed by atoms with Crippen LogP contribution in [0.15, 0.2) is 42.5 Å². The molecule has 2 rings (SSSR count). The number of carbonyl (C=O) groups excluding carboxylic acids is 2. The van der Waals surface area contributed by atoms with Gasteiger partial charge in [0, 0.05) is 17.8 Å². The summed E-state index contributed by atoms with van der Waals surface area (Å²) in [6, 6.07) is 12.5. The molecular formula is C19H21ClN2O3. The van der Waals surface area contributed by atoms with Crippen LogP contribution in [-0.4, -0.2) is 36.9 Å². The van der Waals surface area contributed by atoms with Gasteiger partial charge in [0.2, 0.25) is 5.91 Å². The predicted molar refractivity (Wildman–Crippen MR) is 99.1 cm³/mol. The Kier molecular flexibility index (Phi) is 6.42. The number of amides is 2. The Bertz CT molecular complexity index is 740. The van der Waals surface area contributed by atoms with Crippen LogP contribution in [0.2, 0.25) is 5.02 Å². The zero-order chi connectivity index (χ0) is 18.4. The molecule has 0 saturated heterocycles. The van der Waals surface area contributed by atoms with Gasteiger partial charge in [0.15, 0.2) is 6.61 Å². The lowest BCUT2D eigenvalue weighted by Gasteiger charge is -2.18. The summed E-state index contributed by atoms with van der Waals surface area (Å²) in [6.07, 6.45) is 0. The van der Waals surface area contributed by atoms with Crippen molar-refractivity contribution in [1.29, 1.82) is 0 Å². The van der Waals surface area contributed by atoms with E-state index in [0.29, 0.717) is 10.8 Å². The third-order valence-electron chi connectivity index (χ3n) is 3.73. The highest BCUT2D eigenvalue weighted by atomic mass is 35.5. The van der Waals surface area contributed by atoms with Crippen molar-refractivity contribution in [2.45, 2.75) is 13.8 Å². The smallest absolute Gasteiger partial charge is 0.260 e. The van der Waals surface area contributed by atoms with Crippen molar-refractivity contribution in [1.82, 2.24) is 4.90 Å². The van der Waals surface area contributed by atoms with Crippen LogP contribution in [0.25, 0.3) is 0 Å². The summed E-state index contributed by atoms with van der Waals surface area (Å²) in [5.41, 5.74) is 2.74. The fourth-order valence-corrected chi connectivity index (χ4v) is 2.41. The molecule has 0 aliphatic carbocycles. The number of likely N-dealkylation sites (N-methyl/N-ethyl adjacent to an activating group) is 1. The summed E-state index contributed by atoms with van der Waals surface area (Å²) < 4.78 is 5.40. The molecule has 1 N–H and O–H groups in total. The molecule has 2 amide bonds. The van der Waals surface area contributed by atoms with Gasteiger partial charge in [0.05, 0.1) is 6.54 Å². The minimum absolute atomic E-state index is 0.0451. The van der Waals surface area contributed by atoms with Crippen LogP contribution in [-0.2, 0) is 9.59 Å². The van der Waals surface area contributed by atoms with Crippen molar-refractivity contribution in [3.63, 3.8) is 0 Å². The average Bonchev–Trinajstić information content (AvgIpc) is 2.57. The van der Waals surface area contributed by atoms with Gasteiger partial charge in [-0.25, -0.2) is 0 Å². The summed E-state index contributed by atoms with van der Waals surface area (Å²) in [6.45, 7) is 3.67. The van der Waals surface area contributed by atoms with Gasteiger partial charge in [-0.3, -0.25) is 9.59 Å². The number of rotatable bonds is 6. The van der Waals surface area contributed by atoms with Crippen molar-refractivity contribution < 1.29 is 14.3 Å². The van der Waals surface area contributed by atoms with Crippen molar-refractivity contribution >= 4 is 29.1 Å². The van der Waals surface area contributed by atoms with Gasteiger partial charge in [0.25, 0.3) is 5.91 Å². The second-order valence-corrected chi connectivity index (χ2v) is 6.24. The molecule has 0 bridgehead atoms. The number of nitrogens with zero attached hydrogens (tertiary/aromatic N) is 1. The predicted octanol–water partition coefficient (Wildman–Crippen LogP) is 3.43. The van der Waals surface area contributed by atoms with E-state index >= 15 is 0 Å². The standard InChI is InChI=1S/C19H21ClN2O3/c1-13-5-4-6-14(2)19(13)21-17(23)11-22(3)18(24)12-25-16-9-7-15(20)8-10-16/h4-10H,11-12H2,1-3H3,(H,21,23). The Labute approximate surface area is 152 Å². The van der Waals surface area contributed by atoms with E-state index in [2.05, 4.69) is 5.32 Å². The minimum Gasteiger partial charge on any atom is -0.484 e. The van der Waals surface area contributed by atoms with Gasteiger partial charge >= 0.3 is 0 Å². The number of para-hydroxylation sites is 1. The molecule has 0 unspecified atom stereocenters. The van der Waals surface area contributed by atoms with Crippen LogP contribution >= 0.6 is 11.6 Å². The Morgan fingerprint density at radius 2 is 1.68 bits per heavy atom. The number of hydrogen-bond donors (Lipinski definition) is 1. The summed E-state index contributed by atoms with van der Waals surface area (Å²) in [4.78, 5) is 25.6. The zero-order valence-electron chi connectivity index (χ0n) is 14.5. The van der Waals surface area contributed by atoms with E-state index in [9.17, 15) is 9.59 Å². The molecule has 0 radical (unpaired) electrons. The first-order chi connectivity index (χ1) is 11.9. The fraction of sp³-hybridized carbons (Fsp3) is 0.263. The fourth-order valence-electron chi connectivity index (χ4n) is 2.28. The molecular weight excluding hydrogens is 340 g/mol. The molecule has 0 fully saturated rings. The van der Waals surface area contributed by atoms with Crippen LogP contribution < -0.4 is 10.1 Å². The highest BCUT2D eigenvalue weighted by molar-refractivity contribution is 6.30. The highest BCUT2D eigenvalue weighted by Crippen LogP contribution is 2.19. The molecule has 0 atom stereocenters. The van der Waals surface area contributed by atoms with Crippen molar-refractivity contribution in [2.24, 2.45) is 0 Å². The maximum Gasteiger partial charge on any atom is 0.260 e. The Morgan fingerprint density at radius 3 is 2.28 bits per heavy atom. The van der Waals surface area contributed by atoms with Crippen molar-refractivity contribution in [3.05, 3.63) is 58.6 Å². The zero-order valence-corrected chi connectivity index (χ0v) is 15.3. The van der Waals surface area contributed by atoms with Crippen LogP contribution in [0.5, 0.6) is 5.75 Å². The molecule has 0 aliphatic heterocycles. The lowest BCUT2D eigenvalue weighted by atomic mass is 10.1. The number of hydrogen-bond acceptors (Lipinski definition) is 3. The normalized spacial score (nSPS) is 10.2. The molecule has 6 heteroatoms. The van der Waals surface area contributed by atoms with Gasteiger partial charge in [-0.2, -0.15) is 0 Å². The summed E-state index contributed by atoms with van der Waals surface area (Å²) in [5.74, 6) is 0.0116. The Hall–Kier alpha value is -2.53. The lowest BCUT2D eigenvalue weighted by molar-refractivity contribution is -0.135. The Morgan fingerprint density at radius 1 is 1.08 bits per heavy atom. The van der Waals surface area contributed by atoms with Crippen LogP contribution in [0.1, 0.15) is 11.1 Å². The molecule has 2 aromatic carbocycles. The second-order valence-electron chi connectivity index (χ2n) is 5.81. The van der Waals surface area contributed by atoms with Gasteiger partial charge in [0.1, 0.15) is 5.75 Å². The van der Waals surface area contributed by atoms with Gasteiger partial charge in [-0.15, -0.1) is 0 Å². The van der Waals surface area contributed by atoms with E-state index in [-0.39, 0.29) is 25.0 Å². The van der Waals surface area contributed by atoms with Crippen LogP contribution in [0.4, 0.5) is 5.69 Å². The van der Waals surface area contributed by atoms with Crippen molar-refractivity contribution in [3.8, 4) is 5.75 Å². The first-order valence-corrected chi connectivity index (χ1v) is 8.23. The van der Waals surface area contributed by atoms with E-state index in [4.69, 9.17) is 16.3 Å². The quantitative estimate of drug-likeness (QED) is 0.858. The lowest BCUT2D eigenvalue weighted by Crippen LogP contribution is -2.37. The number of aryl methyl sites for hydroxylation is 2. The summed E-state index contributed by atoms with van der Waals surface area (Å²) >= 11 is 5.80. The topological polar surface area (TPSA) is 58.6 Å². The van der Waals surface area contributed by atoms with E-state index in [1.807, 2.05) is 32.0 Å². The third-order valence-corrected chi connectivity index (χ3v) is 3.98. The first kappa shape index (κ1) is 18.8. The minimum atomic E-state index is -0.286. The average molecular weight is 361 g/mol. The van der Waals surface area contributed by atoms with Gasteiger partial charge < -0.3 is 15.0 Å². The summed E-state index contributed by atoms with van der Waals surface area (Å²) in [7, 11) is 1.57. The van der Waals surface area contributed by atoms with Crippen LogP contribution in [0.3, 0.4) is 0 Å². The number of halogens is 1. The number of carbonyl (C=O) groups is 2. The third kappa shape index (κ3) is 5.50. The number of anilines is 1. The molecule has 0 aliphatic rings. The van der Waals surface area contributed by atoms with E-state index in [0.717, 1.165) is 16.8 Å². The second kappa shape index (κ2) is 8.53. The first-order valence-electron chi connectivity index (χ1n) is 7.85. The SMILES string of the molecule is Cc1cccc(C)c1NC(=O)CN(C)C(=O)COc1ccc(Cl)cc1. The number of nitrogens with one attached hydrogen (secondary N) is 1. The number of ether oxygens (including phenoxy) is 1. The number of benzene rings is 2. The molecule has 25 heavy (non-hydrogen) atoms. The highest BCUT2D eigenvalue weighted by Gasteiger charge is 2.15. The molecule has 0 saturated carbocycles. The van der Waals surface area contributed by atoms with E-state index < -0.39 is 0 Å². The Balaban J connectivity index is 1.85. The van der Waals surface area contributed by atoms with Crippen LogP contribution in [0, 0.1) is 13.8 Å². The van der Waals surface area contributed by atoms with Crippen molar-refractivity contribution in [2.75, 3.05) is 25.5 Å². The van der Waals surface area contributed by atoms with Gasteiger partial charge in [-0.1, -0.05) is 29.8 Å². The summed E-state index contributed by atoms with van der Waals surface area (Å²) in [5, 5.41) is 3.45. The molecule has 5 nitrogen and oxygen atoms in total. The van der Waals surface area contributed by atoms with E-state index in [1.54, 1.807) is 31.3 Å².